The molecule has 0 atom stereocenters. The van der Waals surface area contributed by atoms with E-state index in [4.69, 9.17) is 9.26 Å². The van der Waals surface area contributed by atoms with Crippen molar-refractivity contribution in [2.45, 2.75) is 37.5 Å². The molecule has 3 fully saturated rings. The second-order valence-electron chi connectivity index (χ2n) is 13.2. The normalized spacial score (nSPS) is 17.3. The number of ether oxygens (including phenoxy) is 1. The van der Waals surface area contributed by atoms with E-state index in [2.05, 4.69) is 47.3 Å². The monoisotopic (exact) mass is 636 g/mol. The fourth-order valence-electron chi connectivity index (χ4n) is 5.40. The first-order valence-electron chi connectivity index (χ1n) is 15.7. The highest BCUT2D eigenvalue weighted by Gasteiger charge is 2.52. The molecule has 47 heavy (non-hydrogen) atoms. The summed E-state index contributed by atoms with van der Waals surface area (Å²) in [4.78, 5) is 46.9. The maximum Gasteiger partial charge on any atom is 0.272 e. The van der Waals surface area contributed by atoms with Crippen LogP contribution >= 0.6 is 0 Å². The molecule has 1 aliphatic heterocycles. The number of rotatable bonds is 11. The number of piperazine rings is 1. The van der Waals surface area contributed by atoms with Gasteiger partial charge < -0.3 is 30.1 Å². The van der Waals surface area contributed by atoms with Gasteiger partial charge in [0.15, 0.2) is 23.1 Å². The smallest absolute Gasteiger partial charge is 0.272 e. The minimum absolute atomic E-state index is 0.0359. The maximum absolute atomic E-state index is 13.2. The molecule has 2 aromatic heterocycles. The van der Waals surface area contributed by atoms with Gasteiger partial charge in [-0.15, -0.1) is 10.2 Å². The molecule has 3 amide bonds. The Balaban J connectivity index is 1.19. The zero-order valence-electron chi connectivity index (χ0n) is 26.9. The van der Waals surface area contributed by atoms with Gasteiger partial charge in [0, 0.05) is 38.2 Å². The van der Waals surface area contributed by atoms with E-state index in [9.17, 15) is 19.6 Å². The predicted molar refractivity (Wildman–Crippen MR) is 178 cm³/mol. The number of methoxy groups -OCH3 is 1. The first kappa shape index (κ1) is 32.1. The molecule has 2 aliphatic carbocycles. The highest BCUT2D eigenvalue weighted by molar-refractivity contribution is 6.60. The van der Waals surface area contributed by atoms with Crippen molar-refractivity contribution in [3.8, 4) is 23.3 Å². The number of hydrogen-bond donors (Lipinski definition) is 3. The van der Waals surface area contributed by atoms with Crippen LogP contribution in [0.2, 0.25) is 0 Å². The molecule has 240 valence electrons. The van der Waals surface area contributed by atoms with E-state index in [1.54, 1.807) is 29.2 Å². The van der Waals surface area contributed by atoms with E-state index < -0.39 is 16.6 Å². The van der Waals surface area contributed by atoms with Crippen molar-refractivity contribution in [3.63, 3.8) is 0 Å². The van der Waals surface area contributed by atoms with Crippen LogP contribution in [0.5, 0.6) is 5.75 Å². The Bertz CT molecular complexity index is 1740. The summed E-state index contributed by atoms with van der Waals surface area (Å²) in [5.74, 6) is 0.662. The molecule has 1 aromatic carbocycles. The third kappa shape index (κ3) is 7.25. The third-order valence-electron chi connectivity index (χ3n) is 8.28. The zero-order valence-corrected chi connectivity index (χ0v) is 26.9. The first-order valence-corrected chi connectivity index (χ1v) is 15.7. The van der Waals surface area contributed by atoms with Crippen LogP contribution in [-0.2, 0) is 16.1 Å². The topological polar surface area (TPSA) is 191 Å². The zero-order chi connectivity index (χ0) is 33.3. The van der Waals surface area contributed by atoms with Gasteiger partial charge in [0.1, 0.15) is 29.0 Å². The fraction of sp³-hybridized carbons (Fsp3) is 0.448. The maximum atomic E-state index is 13.2. The molecule has 1 saturated heterocycles. The minimum Gasteiger partial charge on any atom is -0.494 e. The van der Waals surface area contributed by atoms with E-state index in [0.29, 0.717) is 74.1 Å². The Morgan fingerprint density at radius 2 is 1.87 bits per heavy atom. The Kier molecular flexibility index (Phi) is 8.67. The number of hydrogen-bond acceptors (Lipinski definition) is 12. The lowest BCUT2D eigenvalue weighted by molar-refractivity contribution is -0.136. The summed E-state index contributed by atoms with van der Waals surface area (Å²) in [5.41, 5.74) is 0.570. The summed E-state index contributed by atoms with van der Waals surface area (Å²) in [7, 11) is 7.10. The number of amides is 3. The SMILES string of the molecule is BC(B)(B)NC(=O)c1nnc(NC(=O)C2CC2)cc1Nc1cccc(-c2nc(CN3CCN(C(=O)C4(C#N)CC4)CC3)no2)c1OC. The number of nitriles is 1. The quantitative estimate of drug-likeness (QED) is 0.214. The van der Waals surface area contributed by atoms with E-state index in [-0.39, 0.29) is 35.1 Å². The highest BCUT2D eigenvalue weighted by atomic mass is 16.5. The molecule has 0 spiro atoms. The van der Waals surface area contributed by atoms with Gasteiger partial charge in [0.05, 0.1) is 36.7 Å². The van der Waals surface area contributed by atoms with Crippen molar-refractivity contribution in [1.29, 1.82) is 5.26 Å². The number of carbonyl (C=O) groups is 3. The Labute approximate surface area is 274 Å². The second-order valence-corrected chi connectivity index (χ2v) is 13.2. The number of benzene rings is 1. The molecule has 2 saturated carbocycles. The van der Waals surface area contributed by atoms with Gasteiger partial charge in [-0.2, -0.15) is 10.2 Å². The summed E-state index contributed by atoms with van der Waals surface area (Å²) in [5, 5.41) is 30.2. The number of carbonyl (C=O) groups excluding carboxylic acids is 3. The molecular formula is C29H35B3N10O5. The van der Waals surface area contributed by atoms with E-state index in [1.807, 2.05) is 23.5 Å². The lowest BCUT2D eigenvalue weighted by atomic mass is 9.49. The molecule has 15 nitrogen and oxygen atoms in total. The summed E-state index contributed by atoms with van der Waals surface area (Å²) in [6.45, 7) is 2.78. The average Bonchev–Trinajstić information content (AvgIpc) is 3.98. The molecule has 3 aliphatic rings. The second kappa shape index (κ2) is 12.7. The van der Waals surface area contributed by atoms with Gasteiger partial charge >= 0.3 is 0 Å². The Hall–Kier alpha value is -4.91. The van der Waals surface area contributed by atoms with Crippen molar-refractivity contribution in [2.75, 3.05) is 43.9 Å². The molecule has 3 N–H and O–H groups in total. The summed E-state index contributed by atoms with van der Waals surface area (Å²) in [6.07, 6.45) is 2.95. The molecular weight excluding hydrogens is 601 g/mol. The van der Waals surface area contributed by atoms with Crippen LogP contribution in [-0.4, -0.2) is 110 Å². The fourth-order valence-corrected chi connectivity index (χ4v) is 5.40. The van der Waals surface area contributed by atoms with Gasteiger partial charge in [-0.05, 0) is 43.1 Å². The van der Waals surface area contributed by atoms with E-state index in [0.717, 1.165) is 12.8 Å². The summed E-state index contributed by atoms with van der Waals surface area (Å²) in [6, 6.07) is 9.10. The number of nitrogens with zero attached hydrogens (tertiary/aromatic N) is 7. The molecule has 6 rings (SSSR count). The van der Waals surface area contributed by atoms with Gasteiger partial charge in [0.25, 0.3) is 11.8 Å². The van der Waals surface area contributed by atoms with Gasteiger partial charge in [-0.25, -0.2) is 0 Å². The van der Waals surface area contributed by atoms with Gasteiger partial charge in [-0.1, -0.05) is 11.2 Å². The van der Waals surface area contributed by atoms with Crippen molar-refractivity contribution >= 4 is 58.5 Å². The van der Waals surface area contributed by atoms with Crippen molar-refractivity contribution < 1.29 is 23.6 Å². The minimum atomic E-state index is -0.810. The van der Waals surface area contributed by atoms with Crippen LogP contribution in [0.1, 0.15) is 42.0 Å². The highest BCUT2D eigenvalue weighted by Crippen LogP contribution is 2.46. The third-order valence-corrected chi connectivity index (χ3v) is 8.28. The van der Waals surface area contributed by atoms with Crippen LogP contribution in [0.25, 0.3) is 11.5 Å². The first-order chi connectivity index (χ1) is 22.5. The van der Waals surface area contributed by atoms with Crippen LogP contribution < -0.4 is 20.7 Å². The number of nitrogens with one attached hydrogen (secondary N) is 3. The number of aromatic nitrogens is 4. The molecule has 0 unspecified atom stereocenters. The van der Waals surface area contributed by atoms with Crippen LogP contribution in [0.15, 0.2) is 28.8 Å². The van der Waals surface area contributed by atoms with Crippen molar-refractivity contribution in [1.82, 2.24) is 35.5 Å². The molecule has 3 heterocycles. The standard InChI is InChI=1S/C29H35B3N10O5/c1-46-23-17(26-36-21(40-47-26)14-41-9-11-42(12-10-41)27(45)28(15-33)7-8-28)3-2-4-18(23)34-19-13-20(35-24(43)16-5-6-16)38-39-22(19)25(44)37-29(30,31)32/h2-4,13,16H,5-12,14,30-32H2,1H3,(H,37,44)(H2,34,35,38,43). The van der Waals surface area contributed by atoms with Crippen LogP contribution in [0.3, 0.4) is 0 Å². The predicted octanol–water partition coefficient (Wildman–Crippen LogP) is -1.18. The Morgan fingerprint density at radius 3 is 2.51 bits per heavy atom. The number of anilines is 3. The van der Waals surface area contributed by atoms with Gasteiger partial charge in [0.2, 0.25) is 11.8 Å². The molecule has 18 heteroatoms. The van der Waals surface area contributed by atoms with Crippen LogP contribution in [0, 0.1) is 22.7 Å². The molecule has 0 bridgehead atoms. The number of para-hydroxylation sites is 1. The van der Waals surface area contributed by atoms with Gasteiger partial charge in [-0.3, -0.25) is 19.3 Å². The van der Waals surface area contributed by atoms with Crippen molar-refractivity contribution in [3.05, 3.63) is 35.8 Å². The largest absolute Gasteiger partial charge is 0.494 e. The van der Waals surface area contributed by atoms with Crippen molar-refractivity contribution in [2.24, 2.45) is 11.3 Å². The summed E-state index contributed by atoms with van der Waals surface area (Å²) >= 11 is 0. The van der Waals surface area contributed by atoms with E-state index >= 15 is 0 Å². The van der Waals surface area contributed by atoms with E-state index in [1.165, 1.54) is 7.11 Å². The molecule has 0 radical (unpaired) electrons. The average molecular weight is 636 g/mol. The summed E-state index contributed by atoms with van der Waals surface area (Å²) < 4.78 is 11.4. The van der Waals surface area contributed by atoms with Crippen LogP contribution in [0.4, 0.5) is 17.2 Å². The Morgan fingerprint density at radius 1 is 1.13 bits per heavy atom. The molecule has 3 aromatic rings. The lowest BCUT2D eigenvalue weighted by Gasteiger charge is -2.35. The lowest BCUT2D eigenvalue weighted by Crippen LogP contribution is -2.50.